The zero-order valence-electron chi connectivity index (χ0n) is 25.0. The first kappa shape index (κ1) is 30.2. The molecule has 0 bridgehead atoms. The Morgan fingerprint density at radius 1 is 1.27 bits per heavy atom. The number of thiophene rings is 1. The van der Waals surface area contributed by atoms with Crippen molar-refractivity contribution in [3.05, 3.63) is 34.1 Å². The van der Waals surface area contributed by atoms with Gasteiger partial charge in [0.1, 0.15) is 28.8 Å². The van der Waals surface area contributed by atoms with Gasteiger partial charge in [-0.3, -0.25) is 9.88 Å². The molecule has 1 spiro atoms. The maximum atomic E-state index is 12.6. The summed E-state index contributed by atoms with van der Waals surface area (Å²) in [5, 5.41) is 20.0. The summed E-state index contributed by atoms with van der Waals surface area (Å²) in [5.41, 5.74) is 14.3. The lowest BCUT2D eigenvalue weighted by molar-refractivity contribution is 0.292. The summed E-state index contributed by atoms with van der Waals surface area (Å²) in [5.74, 6) is 1.10. The molecule has 1 aliphatic carbocycles. The number of rotatable bonds is 7. The highest BCUT2D eigenvalue weighted by atomic mass is 32.1. The number of nitrogen functional groups attached to an aromatic ring is 2. The van der Waals surface area contributed by atoms with E-state index < -0.39 is 6.17 Å². The summed E-state index contributed by atoms with van der Waals surface area (Å²) < 4.78 is 18.0. The van der Waals surface area contributed by atoms with Gasteiger partial charge in [-0.15, -0.1) is 11.3 Å². The number of aliphatic hydroxyl groups excluding tert-OH is 1. The fourth-order valence-electron chi connectivity index (χ4n) is 7.09. The number of anilines is 4. The lowest BCUT2D eigenvalue weighted by Gasteiger charge is -2.48. The third-order valence-corrected chi connectivity index (χ3v) is 10.3. The van der Waals surface area contributed by atoms with Crippen LogP contribution in [-0.4, -0.2) is 93.6 Å². The highest BCUT2D eigenvalue weighted by Gasteiger charge is 2.52. The van der Waals surface area contributed by atoms with Crippen LogP contribution >= 0.6 is 11.3 Å². The Balaban J connectivity index is 0.000000323. The minimum Gasteiger partial charge on any atom is -0.467 e. The zero-order chi connectivity index (χ0) is 31.0. The molecule has 0 amide bonds. The molecule has 7 rings (SSSR count). The predicted octanol–water partition coefficient (Wildman–Crippen LogP) is 2.22. The number of aromatic nitrogens is 5. The van der Waals surface area contributed by atoms with Gasteiger partial charge in [0.2, 0.25) is 11.9 Å². The van der Waals surface area contributed by atoms with Gasteiger partial charge in [-0.25, -0.2) is 9.37 Å². The topological polar surface area (TPSA) is 179 Å². The standard InChI is InChI=1S/C22H26N10O2S.C7H12FN/c1-12(16-17(24)27-6-5-26-16)32(7-8-33)20-28-19(29-21(30-20)34-2)31-10-22(11-31)4-3-14-15(22)13(9-23)18(25)35-14;8-6-4-7-2-1-3-9(7)5-6/h5-6,12,33H,3-4,7-8,10-11,25H2,1-2H3,(H2,24,27);6-7H,1-5H2. The van der Waals surface area contributed by atoms with E-state index in [1.54, 1.807) is 11.1 Å². The number of hydrogen-bond donors (Lipinski definition) is 3. The molecule has 5 N–H and O–H groups in total. The summed E-state index contributed by atoms with van der Waals surface area (Å²) >= 11 is 1.52. The molecular weight excluding hydrogens is 585 g/mol. The number of halogens is 1. The van der Waals surface area contributed by atoms with E-state index in [1.807, 2.05) is 6.92 Å². The number of aryl methyl sites for hydroxylation is 1. The highest BCUT2D eigenvalue weighted by molar-refractivity contribution is 7.16. The predicted molar refractivity (Wildman–Crippen MR) is 165 cm³/mol. The van der Waals surface area contributed by atoms with Gasteiger partial charge in [-0.2, -0.15) is 20.2 Å². The fourth-order valence-corrected chi connectivity index (χ4v) is 8.23. The number of hydrogen-bond acceptors (Lipinski definition) is 14. The molecule has 13 nitrogen and oxygen atoms in total. The Hall–Kier alpha value is -3.87. The van der Waals surface area contributed by atoms with Gasteiger partial charge in [-0.05, 0) is 51.1 Å². The molecule has 234 valence electrons. The van der Waals surface area contributed by atoms with E-state index in [0.29, 0.717) is 59.6 Å². The van der Waals surface area contributed by atoms with Crippen molar-refractivity contribution in [2.45, 2.75) is 62.7 Å². The summed E-state index contributed by atoms with van der Waals surface area (Å²) in [6, 6.07) is 2.71. The first-order chi connectivity index (χ1) is 21.3. The van der Waals surface area contributed by atoms with Crippen LogP contribution in [0.15, 0.2) is 12.4 Å². The number of nitriles is 1. The van der Waals surface area contributed by atoms with Crippen molar-refractivity contribution in [1.82, 2.24) is 29.8 Å². The van der Waals surface area contributed by atoms with Crippen LogP contribution in [0.1, 0.15) is 60.3 Å². The van der Waals surface area contributed by atoms with Crippen LogP contribution in [0.3, 0.4) is 0 Å². The van der Waals surface area contributed by atoms with E-state index in [-0.39, 0.29) is 30.6 Å². The molecule has 0 radical (unpaired) electrons. The van der Waals surface area contributed by atoms with Crippen molar-refractivity contribution in [3.8, 4) is 12.1 Å². The third-order valence-electron chi connectivity index (χ3n) is 9.20. The normalized spacial score (nSPS) is 22.0. The van der Waals surface area contributed by atoms with E-state index in [9.17, 15) is 14.8 Å². The van der Waals surface area contributed by atoms with Gasteiger partial charge in [0.25, 0.3) is 0 Å². The molecule has 6 heterocycles. The lowest BCUT2D eigenvalue weighted by atomic mass is 9.74. The van der Waals surface area contributed by atoms with E-state index in [0.717, 1.165) is 31.4 Å². The van der Waals surface area contributed by atoms with E-state index in [2.05, 4.69) is 35.8 Å². The maximum absolute atomic E-state index is 12.6. The molecule has 4 aliphatic rings. The maximum Gasteiger partial charge on any atom is 0.322 e. The Morgan fingerprint density at radius 2 is 2.07 bits per heavy atom. The minimum absolute atomic E-state index is 0.124. The summed E-state index contributed by atoms with van der Waals surface area (Å²) in [6.45, 7) is 5.22. The van der Waals surface area contributed by atoms with Crippen molar-refractivity contribution >= 4 is 34.1 Å². The zero-order valence-corrected chi connectivity index (χ0v) is 25.8. The van der Waals surface area contributed by atoms with Crippen molar-refractivity contribution in [3.63, 3.8) is 0 Å². The molecule has 3 aliphatic heterocycles. The Labute approximate surface area is 259 Å². The molecule has 3 aromatic rings. The Kier molecular flexibility index (Phi) is 8.40. The first-order valence-corrected chi connectivity index (χ1v) is 15.8. The average molecular weight is 624 g/mol. The molecule has 15 heteroatoms. The second-order valence-electron chi connectivity index (χ2n) is 11.9. The quantitative estimate of drug-likeness (QED) is 0.349. The largest absolute Gasteiger partial charge is 0.467 e. The van der Waals surface area contributed by atoms with E-state index in [1.165, 1.54) is 42.4 Å². The first-order valence-electron chi connectivity index (χ1n) is 15.0. The van der Waals surface area contributed by atoms with Gasteiger partial charge in [0.05, 0.1) is 25.3 Å². The molecule has 0 saturated carbocycles. The van der Waals surface area contributed by atoms with Gasteiger partial charge < -0.3 is 31.1 Å². The van der Waals surface area contributed by atoms with Crippen LogP contribution in [0, 0.1) is 11.3 Å². The molecule has 3 unspecified atom stereocenters. The van der Waals surface area contributed by atoms with Gasteiger partial charge >= 0.3 is 6.01 Å². The number of nitrogens with two attached hydrogens (primary N) is 2. The fraction of sp³-hybridized carbons (Fsp3) is 0.586. The molecule has 44 heavy (non-hydrogen) atoms. The monoisotopic (exact) mass is 623 g/mol. The Bertz CT molecular complexity index is 1530. The van der Waals surface area contributed by atoms with Crippen molar-refractivity contribution in [2.24, 2.45) is 0 Å². The molecule has 3 atom stereocenters. The SMILES string of the molecule is COc1nc(N2CC3(CCc4sc(N)c(C#N)c43)C2)nc(N(CCO)C(C)c2nccnc2N)n1.FC1CC2CCCN2C1. The Morgan fingerprint density at radius 3 is 2.77 bits per heavy atom. The van der Waals surface area contributed by atoms with Crippen molar-refractivity contribution in [2.75, 3.05) is 67.7 Å². The van der Waals surface area contributed by atoms with Crippen molar-refractivity contribution < 1.29 is 14.2 Å². The lowest BCUT2D eigenvalue weighted by Crippen LogP contribution is -2.59. The number of nitrogens with zero attached hydrogens (tertiary/aromatic N) is 9. The van der Waals surface area contributed by atoms with Crippen LogP contribution in [0.4, 0.5) is 27.1 Å². The summed E-state index contributed by atoms with van der Waals surface area (Å²) in [7, 11) is 1.50. The number of aliphatic hydroxyl groups is 1. The van der Waals surface area contributed by atoms with Crippen molar-refractivity contribution in [1.29, 1.82) is 5.26 Å². The number of alkyl halides is 1. The smallest absolute Gasteiger partial charge is 0.322 e. The van der Waals surface area contributed by atoms with E-state index in [4.69, 9.17) is 21.2 Å². The van der Waals surface area contributed by atoms with Crippen LogP contribution < -0.4 is 26.0 Å². The van der Waals surface area contributed by atoms with Gasteiger partial charge in [0.15, 0.2) is 0 Å². The molecule has 3 saturated heterocycles. The van der Waals surface area contributed by atoms with E-state index >= 15 is 0 Å². The average Bonchev–Trinajstić information content (AvgIpc) is 3.75. The number of ether oxygens (including phenoxy) is 1. The second-order valence-corrected chi connectivity index (χ2v) is 13.0. The second kappa shape index (κ2) is 12.3. The van der Waals surface area contributed by atoms with Crippen LogP contribution in [0.5, 0.6) is 6.01 Å². The summed E-state index contributed by atoms with van der Waals surface area (Å²) in [4.78, 5) is 29.5. The summed E-state index contributed by atoms with van der Waals surface area (Å²) in [6.07, 6.45) is 7.80. The number of methoxy groups -OCH3 is 1. The van der Waals surface area contributed by atoms with Crippen LogP contribution in [0.25, 0.3) is 0 Å². The molecule has 0 aromatic carbocycles. The molecular formula is C29H38FN11O2S. The van der Waals surface area contributed by atoms with Gasteiger partial charge in [0, 0.05) is 54.9 Å². The van der Waals surface area contributed by atoms with Crippen LogP contribution in [-0.2, 0) is 11.8 Å². The number of fused-ring (bicyclic) bond motifs is 3. The molecule has 3 fully saturated rings. The van der Waals surface area contributed by atoms with Crippen LogP contribution in [0.2, 0.25) is 0 Å². The minimum atomic E-state index is -0.518. The highest BCUT2D eigenvalue weighted by Crippen LogP contribution is 2.52. The van der Waals surface area contributed by atoms with Gasteiger partial charge in [-0.1, -0.05) is 0 Å². The third kappa shape index (κ3) is 5.46. The molecule has 3 aromatic heterocycles.